The minimum Gasteiger partial charge on any atom is -0.421 e. The van der Waals surface area contributed by atoms with Crippen LogP contribution in [0.25, 0.3) is 6.08 Å². The number of rotatable bonds is 4. The smallest absolute Gasteiger partial charge is 0.336 e. The van der Waals surface area contributed by atoms with Crippen LogP contribution < -0.4 is 4.74 Å². The molecule has 0 heterocycles. The summed E-state index contributed by atoms with van der Waals surface area (Å²) in [4.78, 5) is 22.7. The van der Waals surface area contributed by atoms with Crippen LogP contribution in [-0.4, -0.2) is 12.3 Å². The van der Waals surface area contributed by atoms with Crippen molar-refractivity contribution in [3.8, 4) is 5.75 Å². The third-order valence-corrected chi connectivity index (χ3v) is 3.08. The fraction of sp³-hybridized carbons (Fsp3) is 0. The molecule has 3 nitrogen and oxygen atoms in total. The number of aldehydes is 1. The van der Waals surface area contributed by atoms with Gasteiger partial charge in [0, 0.05) is 11.1 Å². The number of hydrogen-bond donors (Lipinski definition) is 0. The molecular formula is C16H10Cl2O3. The topological polar surface area (TPSA) is 43.4 Å². The molecule has 0 amide bonds. The van der Waals surface area contributed by atoms with E-state index in [0.717, 1.165) is 5.56 Å². The van der Waals surface area contributed by atoms with E-state index in [-0.39, 0.29) is 16.3 Å². The average molecular weight is 321 g/mol. The Balaban J connectivity index is 2.17. The van der Waals surface area contributed by atoms with Crippen LogP contribution in [0.1, 0.15) is 15.9 Å². The first kappa shape index (κ1) is 15.3. The van der Waals surface area contributed by atoms with Crippen LogP contribution in [0.5, 0.6) is 5.75 Å². The fourth-order valence-corrected chi connectivity index (χ4v) is 2.19. The van der Waals surface area contributed by atoms with Gasteiger partial charge in [-0.1, -0.05) is 53.5 Å². The Hall–Kier alpha value is -2.10. The standard InChI is InChI=1S/C16H10Cl2O3/c17-13-8-12(10-19)16(14(18)9-13)21-15(20)7-6-11-4-2-1-3-5-11/h1-10H/b7-6+. The Morgan fingerprint density at radius 2 is 1.81 bits per heavy atom. The lowest BCUT2D eigenvalue weighted by molar-refractivity contribution is -0.128. The Kier molecular flexibility index (Phi) is 5.14. The van der Waals surface area contributed by atoms with Gasteiger partial charge in [-0.2, -0.15) is 0 Å². The molecule has 0 aliphatic heterocycles. The number of hydrogen-bond acceptors (Lipinski definition) is 3. The van der Waals surface area contributed by atoms with Gasteiger partial charge in [-0.05, 0) is 23.8 Å². The van der Waals surface area contributed by atoms with Gasteiger partial charge in [0.25, 0.3) is 0 Å². The number of carbonyl (C=O) groups is 2. The molecule has 0 N–H and O–H groups in total. The quantitative estimate of drug-likeness (QED) is 0.362. The van der Waals surface area contributed by atoms with Gasteiger partial charge in [-0.3, -0.25) is 4.79 Å². The first-order valence-electron chi connectivity index (χ1n) is 5.99. The summed E-state index contributed by atoms with van der Waals surface area (Å²) in [5, 5.41) is 0.396. The number of carbonyl (C=O) groups excluding carboxylic acids is 2. The molecule has 0 aromatic heterocycles. The SMILES string of the molecule is O=Cc1cc(Cl)cc(Cl)c1OC(=O)/C=C/c1ccccc1. The second-order valence-corrected chi connectivity index (χ2v) is 4.93. The van der Waals surface area contributed by atoms with Crippen molar-refractivity contribution in [2.45, 2.75) is 0 Å². The van der Waals surface area contributed by atoms with Gasteiger partial charge in [-0.25, -0.2) is 4.79 Å². The lowest BCUT2D eigenvalue weighted by Gasteiger charge is -2.07. The maximum absolute atomic E-state index is 11.8. The lowest BCUT2D eigenvalue weighted by atomic mass is 10.2. The van der Waals surface area contributed by atoms with Crippen molar-refractivity contribution in [2.75, 3.05) is 0 Å². The molecule has 0 fully saturated rings. The third kappa shape index (κ3) is 4.18. The summed E-state index contributed by atoms with van der Waals surface area (Å²) in [6, 6.07) is 12.0. The van der Waals surface area contributed by atoms with E-state index in [4.69, 9.17) is 27.9 Å². The molecular weight excluding hydrogens is 311 g/mol. The second-order valence-electron chi connectivity index (χ2n) is 4.09. The molecule has 106 valence electrons. The van der Waals surface area contributed by atoms with Crippen LogP contribution in [0.4, 0.5) is 0 Å². The highest BCUT2D eigenvalue weighted by molar-refractivity contribution is 6.36. The van der Waals surface area contributed by atoms with Crippen LogP contribution >= 0.6 is 23.2 Å². The summed E-state index contributed by atoms with van der Waals surface area (Å²) in [5.74, 6) is -0.634. The van der Waals surface area contributed by atoms with Crippen LogP contribution in [0.3, 0.4) is 0 Å². The molecule has 0 spiro atoms. The summed E-state index contributed by atoms with van der Waals surface area (Å²) >= 11 is 11.7. The van der Waals surface area contributed by atoms with E-state index in [1.807, 2.05) is 30.3 Å². The summed E-state index contributed by atoms with van der Waals surface area (Å²) in [5.41, 5.74) is 0.973. The van der Waals surface area contributed by atoms with Crippen LogP contribution in [-0.2, 0) is 4.79 Å². The van der Waals surface area contributed by atoms with Crippen molar-refractivity contribution in [1.82, 2.24) is 0 Å². The van der Waals surface area contributed by atoms with Crippen LogP contribution in [0, 0.1) is 0 Å². The number of ether oxygens (including phenoxy) is 1. The lowest BCUT2D eigenvalue weighted by Crippen LogP contribution is -2.06. The van der Waals surface area contributed by atoms with Crippen molar-refractivity contribution >= 4 is 41.5 Å². The first-order valence-corrected chi connectivity index (χ1v) is 6.75. The van der Waals surface area contributed by atoms with Crippen molar-refractivity contribution in [3.63, 3.8) is 0 Å². The molecule has 0 atom stereocenters. The molecule has 0 unspecified atom stereocenters. The van der Waals surface area contributed by atoms with Gasteiger partial charge < -0.3 is 4.74 Å². The maximum atomic E-state index is 11.8. The van der Waals surface area contributed by atoms with Crippen molar-refractivity contribution in [2.24, 2.45) is 0 Å². The molecule has 5 heteroatoms. The average Bonchev–Trinajstić information content (AvgIpc) is 2.48. The Bertz CT molecular complexity index is 694. The Morgan fingerprint density at radius 1 is 1.10 bits per heavy atom. The van der Waals surface area contributed by atoms with Gasteiger partial charge in [-0.15, -0.1) is 0 Å². The van der Waals surface area contributed by atoms with Gasteiger partial charge in [0.1, 0.15) is 0 Å². The largest absolute Gasteiger partial charge is 0.421 e. The monoisotopic (exact) mass is 320 g/mol. The number of halogens is 2. The van der Waals surface area contributed by atoms with Gasteiger partial charge in [0.15, 0.2) is 12.0 Å². The molecule has 0 aliphatic rings. The predicted octanol–water partition coefficient (Wildman–Crippen LogP) is 4.42. The number of esters is 1. The van der Waals surface area contributed by atoms with Gasteiger partial charge >= 0.3 is 5.97 Å². The first-order chi connectivity index (χ1) is 10.1. The van der Waals surface area contributed by atoms with Crippen LogP contribution in [0.2, 0.25) is 10.0 Å². The summed E-state index contributed by atoms with van der Waals surface area (Å²) < 4.78 is 5.10. The van der Waals surface area contributed by atoms with E-state index in [0.29, 0.717) is 11.3 Å². The molecule has 0 saturated carbocycles. The number of benzene rings is 2. The summed E-state index contributed by atoms with van der Waals surface area (Å²) in [6.07, 6.45) is 3.39. The normalized spacial score (nSPS) is 10.6. The molecule has 0 bridgehead atoms. The van der Waals surface area contributed by atoms with Crippen LogP contribution in [0.15, 0.2) is 48.5 Å². The van der Waals surface area contributed by atoms with E-state index < -0.39 is 5.97 Å². The van der Waals surface area contributed by atoms with E-state index in [1.54, 1.807) is 6.08 Å². The Morgan fingerprint density at radius 3 is 2.48 bits per heavy atom. The van der Waals surface area contributed by atoms with Gasteiger partial charge in [0.2, 0.25) is 0 Å². The van der Waals surface area contributed by atoms with Crippen molar-refractivity contribution < 1.29 is 14.3 Å². The molecule has 0 radical (unpaired) electrons. The second kappa shape index (κ2) is 7.07. The van der Waals surface area contributed by atoms with Gasteiger partial charge in [0.05, 0.1) is 10.6 Å². The third-order valence-electron chi connectivity index (χ3n) is 2.58. The fourth-order valence-electron chi connectivity index (χ4n) is 1.64. The van der Waals surface area contributed by atoms with E-state index in [2.05, 4.69) is 0 Å². The van der Waals surface area contributed by atoms with Crippen molar-refractivity contribution in [1.29, 1.82) is 0 Å². The minimum atomic E-state index is -0.633. The zero-order valence-electron chi connectivity index (χ0n) is 10.8. The maximum Gasteiger partial charge on any atom is 0.336 e. The van der Waals surface area contributed by atoms with E-state index >= 15 is 0 Å². The summed E-state index contributed by atoms with van der Waals surface area (Å²) in [6.45, 7) is 0. The highest BCUT2D eigenvalue weighted by Gasteiger charge is 2.13. The molecule has 2 rings (SSSR count). The summed E-state index contributed by atoms with van der Waals surface area (Å²) in [7, 11) is 0. The highest BCUT2D eigenvalue weighted by Crippen LogP contribution is 2.31. The zero-order chi connectivity index (χ0) is 15.2. The molecule has 21 heavy (non-hydrogen) atoms. The molecule has 2 aromatic carbocycles. The van der Waals surface area contributed by atoms with Crippen molar-refractivity contribution in [3.05, 3.63) is 69.7 Å². The molecule has 0 aliphatic carbocycles. The Labute approximate surface area is 131 Å². The molecule has 2 aromatic rings. The zero-order valence-corrected chi connectivity index (χ0v) is 12.3. The highest BCUT2D eigenvalue weighted by atomic mass is 35.5. The van der Waals surface area contributed by atoms with E-state index in [1.165, 1.54) is 18.2 Å². The predicted molar refractivity (Wildman–Crippen MR) is 83.0 cm³/mol. The minimum absolute atomic E-state index is 0.00113. The molecule has 0 saturated heterocycles. The van der Waals surface area contributed by atoms with E-state index in [9.17, 15) is 9.59 Å².